The molecule has 2 aromatic rings. The summed E-state index contributed by atoms with van der Waals surface area (Å²) >= 11 is 0. The molecule has 0 radical (unpaired) electrons. The van der Waals surface area contributed by atoms with Crippen LogP contribution in [0.5, 0.6) is 0 Å². The molecule has 7 heteroatoms. The monoisotopic (exact) mass is 248 g/mol. The summed E-state index contributed by atoms with van der Waals surface area (Å²) < 4.78 is 4.92. The molecule has 0 aromatic carbocycles. The zero-order valence-electron chi connectivity index (χ0n) is 9.97. The number of carboxylic acid groups (broad SMARTS) is 1. The largest absolute Gasteiger partial charge is 0.478 e. The predicted octanol–water partition coefficient (Wildman–Crippen LogP) is 1.39. The van der Waals surface area contributed by atoms with Crippen molar-refractivity contribution in [2.75, 3.05) is 5.32 Å². The molecule has 0 saturated heterocycles. The van der Waals surface area contributed by atoms with Gasteiger partial charge in [-0.15, -0.1) is 0 Å². The number of pyridine rings is 1. The number of anilines is 1. The van der Waals surface area contributed by atoms with Gasteiger partial charge in [-0.3, -0.25) is 0 Å². The Bertz CT molecular complexity index is 579. The van der Waals surface area contributed by atoms with Crippen LogP contribution in [0, 0.1) is 13.8 Å². The van der Waals surface area contributed by atoms with E-state index in [0.29, 0.717) is 17.5 Å². The van der Waals surface area contributed by atoms with Gasteiger partial charge in [0.05, 0.1) is 6.54 Å². The van der Waals surface area contributed by atoms with Crippen molar-refractivity contribution in [3.8, 4) is 0 Å². The summed E-state index contributed by atoms with van der Waals surface area (Å²) in [7, 11) is 0. The number of hydrogen-bond donors (Lipinski definition) is 2. The van der Waals surface area contributed by atoms with Gasteiger partial charge in [0.25, 0.3) is 0 Å². The Morgan fingerprint density at radius 1 is 1.39 bits per heavy atom. The fourth-order valence-corrected chi connectivity index (χ4v) is 1.44. The van der Waals surface area contributed by atoms with Crippen molar-refractivity contribution < 1.29 is 14.4 Å². The molecule has 0 fully saturated rings. The third-order valence-electron chi connectivity index (χ3n) is 2.24. The third-order valence-corrected chi connectivity index (χ3v) is 2.24. The van der Waals surface area contributed by atoms with Crippen LogP contribution in [0.3, 0.4) is 0 Å². The van der Waals surface area contributed by atoms with Gasteiger partial charge < -0.3 is 14.9 Å². The molecule has 2 rings (SSSR count). The average molecular weight is 248 g/mol. The van der Waals surface area contributed by atoms with Gasteiger partial charge in [-0.1, -0.05) is 5.16 Å². The van der Waals surface area contributed by atoms with Crippen LogP contribution >= 0.6 is 0 Å². The summed E-state index contributed by atoms with van der Waals surface area (Å²) in [6.45, 7) is 3.73. The van der Waals surface area contributed by atoms with Gasteiger partial charge in [0.1, 0.15) is 11.4 Å². The summed E-state index contributed by atoms with van der Waals surface area (Å²) in [4.78, 5) is 19.2. The SMILES string of the molecule is Cc1ccc(C(=O)O)c(NCc2nc(C)no2)n1. The van der Waals surface area contributed by atoms with Gasteiger partial charge in [0.15, 0.2) is 5.82 Å². The molecule has 2 N–H and O–H groups in total. The molecule has 7 nitrogen and oxygen atoms in total. The first-order valence-corrected chi connectivity index (χ1v) is 5.30. The first kappa shape index (κ1) is 12.0. The number of aromatic carboxylic acids is 1. The molecule has 0 amide bonds. The van der Waals surface area contributed by atoms with Crippen molar-refractivity contribution in [2.45, 2.75) is 20.4 Å². The number of carbonyl (C=O) groups is 1. The Morgan fingerprint density at radius 2 is 2.17 bits per heavy atom. The number of hydrogen-bond acceptors (Lipinski definition) is 6. The van der Waals surface area contributed by atoms with E-state index >= 15 is 0 Å². The minimum Gasteiger partial charge on any atom is -0.478 e. The Hall–Kier alpha value is -2.44. The first-order chi connectivity index (χ1) is 8.56. The summed E-state index contributed by atoms with van der Waals surface area (Å²) in [5, 5.41) is 15.5. The van der Waals surface area contributed by atoms with Crippen LogP contribution < -0.4 is 5.32 Å². The maximum atomic E-state index is 11.0. The van der Waals surface area contributed by atoms with Gasteiger partial charge in [-0.25, -0.2) is 9.78 Å². The molecular formula is C11H12N4O3. The molecular weight excluding hydrogens is 236 g/mol. The molecule has 0 aliphatic carbocycles. The second-order valence-corrected chi connectivity index (χ2v) is 3.74. The maximum absolute atomic E-state index is 11.0. The average Bonchev–Trinajstić information content (AvgIpc) is 2.72. The molecule has 0 saturated carbocycles. The van der Waals surface area contributed by atoms with Crippen LogP contribution in [0.25, 0.3) is 0 Å². The van der Waals surface area contributed by atoms with E-state index in [0.717, 1.165) is 5.69 Å². The Labute approximate surface area is 103 Å². The summed E-state index contributed by atoms with van der Waals surface area (Å²) in [6.07, 6.45) is 0. The highest BCUT2D eigenvalue weighted by Gasteiger charge is 2.12. The topological polar surface area (TPSA) is 101 Å². The lowest BCUT2D eigenvalue weighted by atomic mass is 10.2. The zero-order chi connectivity index (χ0) is 13.1. The van der Waals surface area contributed by atoms with Gasteiger partial charge >= 0.3 is 5.97 Å². The van der Waals surface area contributed by atoms with E-state index in [1.807, 2.05) is 0 Å². The van der Waals surface area contributed by atoms with E-state index in [-0.39, 0.29) is 12.1 Å². The smallest absolute Gasteiger partial charge is 0.339 e. The van der Waals surface area contributed by atoms with Crippen molar-refractivity contribution in [1.82, 2.24) is 15.1 Å². The van der Waals surface area contributed by atoms with Crippen molar-refractivity contribution in [3.63, 3.8) is 0 Å². The van der Waals surface area contributed by atoms with E-state index in [1.165, 1.54) is 6.07 Å². The molecule has 0 spiro atoms. The van der Waals surface area contributed by atoms with Gasteiger partial charge in [0, 0.05) is 5.69 Å². The summed E-state index contributed by atoms with van der Waals surface area (Å²) in [6, 6.07) is 3.15. The van der Waals surface area contributed by atoms with Crippen LogP contribution in [-0.4, -0.2) is 26.2 Å². The molecule has 0 aliphatic rings. The second kappa shape index (κ2) is 4.82. The fraction of sp³-hybridized carbons (Fsp3) is 0.273. The molecule has 0 unspecified atom stereocenters. The zero-order valence-corrected chi connectivity index (χ0v) is 9.97. The van der Waals surface area contributed by atoms with Crippen molar-refractivity contribution in [2.24, 2.45) is 0 Å². The van der Waals surface area contributed by atoms with Gasteiger partial charge in [-0.2, -0.15) is 4.98 Å². The standard InChI is InChI=1S/C11H12N4O3/c1-6-3-4-8(11(16)17)10(13-6)12-5-9-14-7(2)15-18-9/h3-4H,5H2,1-2H3,(H,12,13)(H,16,17). The minimum atomic E-state index is -1.04. The lowest BCUT2D eigenvalue weighted by Gasteiger charge is -2.07. The number of rotatable bonds is 4. The van der Waals surface area contributed by atoms with Crippen molar-refractivity contribution in [1.29, 1.82) is 0 Å². The number of aryl methyl sites for hydroxylation is 2. The van der Waals surface area contributed by atoms with Gasteiger partial charge in [0.2, 0.25) is 5.89 Å². The Morgan fingerprint density at radius 3 is 2.78 bits per heavy atom. The normalized spacial score (nSPS) is 10.3. The van der Waals surface area contributed by atoms with Crippen LogP contribution in [-0.2, 0) is 6.54 Å². The fourth-order valence-electron chi connectivity index (χ4n) is 1.44. The summed E-state index contributed by atoms with van der Waals surface area (Å²) in [5.41, 5.74) is 0.834. The van der Waals surface area contributed by atoms with E-state index in [9.17, 15) is 4.79 Å². The predicted molar refractivity (Wildman–Crippen MR) is 62.3 cm³/mol. The molecule has 94 valence electrons. The minimum absolute atomic E-state index is 0.108. The molecule has 18 heavy (non-hydrogen) atoms. The summed E-state index contributed by atoms with van der Waals surface area (Å²) in [5.74, 6) is 0.166. The molecule has 2 aromatic heterocycles. The highest BCUT2D eigenvalue weighted by Crippen LogP contribution is 2.14. The lowest BCUT2D eigenvalue weighted by molar-refractivity contribution is 0.0697. The number of carboxylic acids is 1. The van der Waals surface area contributed by atoms with Crippen LogP contribution in [0.4, 0.5) is 5.82 Å². The van der Waals surface area contributed by atoms with Crippen molar-refractivity contribution in [3.05, 3.63) is 35.1 Å². The molecule has 2 heterocycles. The number of nitrogens with one attached hydrogen (secondary N) is 1. The van der Waals surface area contributed by atoms with Gasteiger partial charge in [-0.05, 0) is 26.0 Å². The van der Waals surface area contributed by atoms with E-state index in [1.54, 1.807) is 19.9 Å². The third kappa shape index (κ3) is 2.62. The van der Waals surface area contributed by atoms with E-state index < -0.39 is 5.97 Å². The number of aromatic nitrogens is 3. The molecule has 0 bridgehead atoms. The molecule has 0 atom stereocenters. The molecule has 0 aliphatic heterocycles. The van der Waals surface area contributed by atoms with Crippen LogP contribution in [0.1, 0.15) is 27.8 Å². The Balaban J connectivity index is 2.17. The second-order valence-electron chi connectivity index (χ2n) is 3.74. The maximum Gasteiger partial charge on any atom is 0.339 e. The van der Waals surface area contributed by atoms with E-state index in [2.05, 4.69) is 20.4 Å². The van der Waals surface area contributed by atoms with E-state index in [4.69, 9.17) is 9.63 Å². The highest BCUT2D eigenvalue weighted by atomic mass is 16.5. The van der Waals surface area contributed by atoms with Crippen LogP contribution in [0.2, 0.25) is 0 Å². The lowest BCUT2D eigenvalue weighted by Crippen LogP contribution is -2.09. The quantitative estimate of drug-likeness (QED) is 0.842. The Kier molecular flexibility index (Phi) is 3.22. The highest BCUT2D eigenvalue weighted by molar-refractivity contribution is 5.93. The van der Waals surface area contributed by atoms with Crippen molar-refractivity contribution >= 4 is 11.8 Å². The van der Waals surface area contributed by atoms with Crippen LogP contribution in [0.15, 0.2) is 16.7 Å². The number of nitrogens with zero attached hydrogens (tertiary/aromatic N) is 3. The first-order valence-electron chi connectivity index (χ1n) is 5.30.